The van der Waals surface area contributed by atoms with Crippen LogP contribution in [0.1, 0.15) is 59.8 Å². The molecular weight excluding hydrogens is 266 g/mol. The van der Waals surface area contributed by atoms with Gasteiger partial charge in [-0.3, -0.25) is 0 Å². The van der Waals surface area contributed by atoms with Gasteiger partial charge in [-0.05, 0) is 61.5 Å². The van der Waals surface area contributed by atoms with Gasteiger partial charge in [0.25, 0.3) is 0 Å². The van der Waals surface area contributed by atoms with E-state index in [9.17, 15) is 0 Å². The number of hydrogen-bond donors (Lipinski definition) is 1. The van der Waals surface area contributed by atoms with E-state index in [1.54, 1.807) is 0 Å². The normalized spacial score (nSPS) is 28.5. The van der Waals surface area contributed by atoms with Gasteiger partial charge in [-0.2, -0.15) is 11.8 Å². The van der Waals surface area contributed by atoms with Crippen molar-refractivity contribution in [3.63, 3.8) is 0 Å². The second kappa shape index (κ2) is 7.02. The zero-order valence-corrected chi connectivity index (χ0v) is 14.7. The molecule has 2 unspecified atom stereocenters. The van der Waals surface area contributed by atoms with Crippen LogP contribution in [-0.2, 0) is 4.74 Å². The van der Waals surface area contributed by atoms with Crippen molar-refractivity contribution in [2.24, 2.45) is 11.3 Å². The molecule has 2 nitrogen and oxygen atoms in total. The average molecular weight is 300 g/mol. The fourth-order valence-corrected chi connectivity index (χ4v) is 5.16. The third-order valence-electron chi connectivity index (χ3n) is 4.95. The summed E-state index contributed by atoms with van der Waals surface area (Å²) in [5.74, 6) is 3.35. The van der Waals surface area contributed by atoms with Gasteiger partial charge < -0.3 is 10.1 Å². The van der Waals surface area contributed by atoms with Crippen LogP contribution in [0.3, 0.4) is 0 Å². The van der Waals surface area contributed by atoms with Crippen molar-refractivity contribution in [3.05, 3.63) is 0 Å². The largest absolute Gasteiger partial charge is 0.375 e. The van der Waals surface area contributed by atoms with Crippen LogP contribution in [0.2, 0.25) is 0 Å². The molecule has 0 amide bonds. The maximum Gasteiger partial charge on any atom is 0.0701 e. The Morgan fingerprint density at radius 1 is 1.30 bits per heavy atom. The Labute approximate surface area is 129 Å². The summed E-state index contributed by atoms with van der Waals surface area (Å²) in [6.07, 6.45) is 6.24. The van der Waals surface area contributed by atoms with E-state index in [4.69, 9.17) is 4.74 Å². The quantitative estimate of drug-likeness (QED) is 0.844. The van der Waals surface area contributed by atoms with E-state index in [1.807, 2.05) is 0 Å². The molecule has 3 heteroatoms. The van der Waals surface area contributed by atoms with Crippen LogP contribution in [0.25, 0.3) is 0 Å². The third kappa shape index (κ3) is 4.14. The van der Waals surface area contributed by atoms with Gasteiger partial charge in [0, 0.05) is 12.6 Å². The number of hydrogen-bond acceptors (Lipinski definition) is 3. The molecule has 2 aliphatic rings. The molecule has 0 aromatic heterocycles. The zero-order chi connectivity index (χ0) is 14.6. The SMILES string of the molecule is CCCNC(C1CCOC2(CCSCC2)C1)C(C)(C)C. The molecule has 0 aliphatic carbocycles. The lowest BCUT2D eigenvalue weighted by atomic mass is 9.71. The van der Waals surface area contributed by atoms with Gasteiger partial charge in [0.1, 0.15) is 0 Å². The molecular formula is C17H33NOS. The highest BCUT2D eigenvalue weighted by molar-refractivity contribution is 7.99. The predicted octanol–water partition coefficient (Wildman–Crippen LogP) is 4.09. The Balaban J connectivity index is 2.04. The van der Waals surface area contributed by atoms with E-state index in [1.165, 1.54) is 43.6 Å². The summed E-state index contributed by atoms with van der Waals surface area (Å²) in [5.41, 5.74) is 0.549. The summed E-state index contributed by atoms with van der Waals surface area (Å²) in [4.78, 5) is 0. The fraction of sp³-hybridized carbons (Fsp3) is 1.00. The highest BCUT2D eigenvalue weighted by Gasteiger charge is 2.43. The fourth-order valence-electron chi connectivity index (χ4n) is 3.92. The van der Waals surface area contributed by atoms with Gasteiger partial charge in [-0.1, -0.05) is 27.7 Å². The first-order chi connectivity index (χ1) is 9.47. The van der Waals surface area contributed by atoms with Crippen LogP contribution >= 0.6 is 11.8 Å². The summed E-state index contributed by atoms with van der Waals surface area (Å²) in [7, 11) is 0. The second-order valence-corrected chi connectivity index (χ2v) is 8.92. The van der Waals surface area contributed by atoms with Crippen LogP contribution in [0.15, 0.2) is 0 Å². The average Bonchev–Trinajstić information content (AvgIpc) is 2.39. The molecule has 2 saturated heterocycles. The minimum Gasteiger partial charge on any atom is -0.375 e. The van der Waals surface area contributed by atoms with E-state index in [0.29, 0.717) is 11.5 Å². The van der Waals surface area contributed by atoms with E-state index in [0.717, 1.165) is 19.1 Å². The lowest BCUT2D eigenvalue weighted by Gasteiger charge is -2.48. The molecule has 0 aromatic carbocycles. The van der Waals surface area contributed by atoms with Gasteiger partial charge in [0.2, 0.25) is 0 Å². The molecule has 2 aliphatic heterocycles. The summed E-state index contributed by atoms with van der Waals surface area (Å²) >= 11 is 2.10. The summed E-state index contributed by atoms with van der Waals surface area (Å²) < 4.78 is 6.26. The Kier molecular flexibility index (Phi) is 5.84. The van der Waals surface area contributed by atoms with Crippen LogP contribution in [0.4, 0.5) is 0 Å². The lowest BCUT2D eigenvalue weighted by molar-refractivity contribution is -0.112. The molecule has 0 aromatic rings. The van der Waals surface area contributed by atoms with Crippen LogP contribution in [0.5, 0.6) is 0 Å². The van der Waals surface area contributed by atoms with E-state index >= 15 is 0 Å². The molecule has 0 radical (unpaired) electrons. The molecule has 2 atom stereocenters. The van der Waals surface area contributed by atoms with E-state index in [2.05, 4.69) is 44.8 Å². The highest BCUT2D eigenvalue weighted by atomic mass is 32.2. The zero-order valence-electron chi connectivity index (χ0n) is 13.8. The molecule has 0 saturated carbocycles. The Hall–Kier alpha value is 0.270. The molecule has 20 heavy (non-hydrogen) atoms. The number of thioether (sulfide) groups is 1. The van der Waals surface area contributed by atoms with Crippen molar-refractivity contribution in [1.82, 2.24) is 5.32 Å². The molecule has 118 valence electrons. The van der Waals surface area contributed by atoms with Crippen molar-refractivity contribution < 1.29 is 4.74 Å². The smallest absolute Gasteiger partial charge is 0.0701 e. The monoisotopic (exact) mass is 299 g/mol. The first-order valence-corrected chi connectivity index (χ1v) is 9.57. The Bertz CT molecular complexity index is 288. The van der Waals surface area contributed by atoms with Gasteiger partial charge in [0.05, 0.1) is 5.60 Å². The molecule has 0 bridgehead atoms. The maximum atomic E-state index is 6.26. The predicted molar refractivity (Wildman–Crippen MR) is 89.5 cm³/mol. The Morgan fingerprint density at radius 2 is 2.00 bits per heavy atom. The highest BCUT2D eigenvalue weighted by Crippen LogP contribution is 2.43. The van der Waals surface area contributed by atoms with Crippen molar-refractivity contribution in [2.75, 3.05) is 24.7 Å². The van der Waals surface area contributed by atoms with Gasteiger partial charge in [-0.25, -0.2) is 0 Å². The number of nitrogens with one attached hydrogen (secondary N) is 1. The van der Waals surface area contributed by atoms with Crippen LogP contribution in [-0.4, -0.2) is 36.3 Å². The van der Waals surface area contributed by atoms with Crippen LogP contribution in [0, 0.1) is 11.3 Å². The van der Waals surface area contributed by atoms with E-state index in [-0.39, 0.29) is 5.60 Å². The summed E-state index contributed by atoms with van der Waals surface area (Å²) in [6, 6.07) is 0.623. The summed E-state index contributed by atoms with van der Waals surface area (Å²) in [5, 5.41) is 3.84. The van der Waals surface area contributed by atoms with Gasteiger partial charge in [-0.15, -0.1) is 0 Å². The molecule has 2 fully saturated rings. The topological polar surface area (TPSA) is 21.3 Å². The Morgan fingerprint density at radius 3 is 2.60 bits per heavy atom. The van der Waals surface area contributed by atoms with Crippen molar-refractivity contribution in [2.45, 2.75) is 71.4 Å². The van der Waals surface area contributed by atoms with Crippen molar-refractivity contribution in [1.29, 1.82) is 0 Å². The number of rotatable bonds is 4. The second-order valence-electron chi connectivity index (χ2n) is 7.69. The standard InChI is InChI=1S/C17H33NOS/c1-5-9-18-15(16(2,3)4)14-6-10-19-17(13-14)7-11-20-12-8-17/h14-15,18H,5-13H2,1-4H3. The van der Waals surface area contributed by atoms with Crippen molar-refractivity contribution in [3.8, 4) is 0 Å². The first kappa shape index (κ1) is 16.6. The number of ether oxygens (including phenoxy) is 1. The van der Waals surface area contributed by atoms with Crippen molar-refractivity contribution >= 4 is 11.8 Å². The van der Waals surface area contributed by atoms with Crippen LogP contribution < -0.4 is 5.32 Å². The minimum absolute atomic E-state index is 0.214. The van der Waals surface area contributed by atoms with Gasteiger partial charge >= 0.3 is 0 Å². The molecule has 2 heterocycles. The first-order valence-electron chi connectivity index (χ1n) is 8.42. The summed E-state index contributed by atoms with van der Waals surface area (Å²) in [6.45, 7) is 11.5. The molecule has 2 rings (SSSR count). The minimum atomic E-state index is 0.214. The molecule has 1 N–H and O–H groups in total. The van der Waals surface area contributed by atoms with E-state index < -0.39 is 0 Å². The third-order valence-corrected chi connectivity index (χ3v) is 5.94. The van der Waals surface area contributed by atoms with Gasteiger partial charge in [0.15, 0.2) is 0 Å². The lowest BCUT2D eigenvalue weighted by Crippen LogP contribution is -2.52. The molecule has 1 spiro atoms. The maximum absolute atomic E-state index is 6.26.